The van der Waals surface area contributed by atoms with Gasteiger partial charge in [0.1, 0.15) is 18.2 Å². The Hall–Kier alpha value is -2.69. The average molecular weight is 480 g/mol. The molecular weight excluding hydrogens is 449 g/mol. The summed E-state index contributed by atoms with van der Waals surface area (Å²) in [6.45, 7) is 5.43. The average Bonchev–Trinajstić information content (AvgIpc) is 2.78. The first-order valence-corrected chi connectivity index (χ1v) is 12.2. The fraction of sp³-hybridized carbons (Fsp3) is 0.435. The van der Waals surface area contributed by atoms with Gasteiger partial charge in [0, 0.05) is 39.0 Å². The predicted molar refractivity (Wildman–Crippen MR) is 124 cm³/mol. The molecule has 0 saturated carbocycles. The fourth-order valence-electron chi connectivity index (χ4n) is 3.55. The first kappa shape index (κ1) is 24.9. The molecule has 0 aliphatic carbocycles. The first-order valence-electron chi connectivity index (χ1n) is 10.7. The van der Waals surface area contributed by atoms with Crippen LogP contribution in [0.25, 0.3) is 0 Å². The lowest BCUT2D eigenvalue weighted by Gasteiger charge is -2.30. The molecule has 3 atom stereocenters. The van der Waals surface area contributed by atoms with E-state index in [0.29, 0.717) is 25.4 Å². The lowest BCUT2D eigenvalue weighted by Crippen LogP contribution is -2.44. The van der Waals surface area contributed by atoms with Crippen molar-refractivity contribution in [2.45, 2.75) is 30.9 Å². The van der Waals surface area contributed by atoms with E-state index >= 15 is 0 Å². The number of amides is 1. The Bertz CT molecular complexity index is 1080. The Morgan fingerprint density at radius 1 is 1.18 bits per heavy atom. The van der Waals surface area contributed by atoms with Gasteiger partial charge in [0.25, 0.3) is 15.9 Å². The lowest BCUT2D eigenvalue weighted by atomic mass is 10.0. The Morgan fingerprint density at radius 2 is 1.88 bits per heavy atom. The summed E-state index contributed by atoms with van der Waals surface area (Å²) in [5.74, 6) is -0.344. The number of sulfonamides is 1. The molecule has 1 aliphatic heterocycles. The highest BCUT2D eigenvalue weighted by molar-refractivity contribution is 7.92. The van der Waals surface area contributed by atoms with Gasteiger partial charge < -0.3 is 19.7 Å². The lowest BCUT2D eigenvalue weighted by molar-refractivity contribution is 0.0281. The Labute approximate surface area is 194 Å². The molecule has 180 valence electrons. The molecule has 0 aromatic heterocycles. The number of rotatable bonds is 4. The van der Waals surface area contributed by atoms with Crippen molar-refractivity contribution in [2.24, 2.45) is 5.92 Å². The quantitative estimate of drug-likeness (QED) is 0.700. The van der Waals surface area contributed by atoms with Gasteiger partial charge in [-0.1, -0.05) is 6.92 Å². The number of halogens is 1. The summed E-state index contributed by atoms with van der Waals surface area (Å²) in [6.07, 6.45) is -0.178. The number of ether oxygens (including phenoxy) is 2. The van der Waals surface area contributed by atoms with Gasteiger partial charge in [0.05, 0.1) is 16.6 Å². The molecule has 0 bridgehead atoms. The van der Waals surface area contributed by atoms with Crippen LogP contribution in [0.1, 0.15) is 24.2 Å². The zero-order chi connectivity index (χ0) is 24.2. The van der Waals surface area contributed by atoms with Gasteiger partial charge in [-0.15, -0.1) is 0 Å². The minimum absolute atomic E-state index is 0.0294. The van der Waals surface area contributed by atoms with E-state index in [0.717, 1.165) is 12.1 Å². The number of hydrogen-bond acceptors (Lipinski definition) is 6. The molecular formula is C23H30FN3O5S. The topological polar surface area (TPSA) is 97.0 Å². The van der Waals surface area contributed by atoms with Gasteiger partial charge in [-0.05, 0) is 55.3 Å². The van der Waals surface area contributed by atoms with Crippen LogP contribution in [-0.4, -0.2) is 65.2 Å². The SMILES string of the molecule is CO[C@H]1CN(C)C(=O)c2cc(NS(=O)(=O)c3ccc(F)cc3)ccc2OC[C@H](C)NC[C@@H]1C. The zero-order valence-corrected chi connectivity index (χ0v) is 20.0. The van der Waals surface area contributed by atoms with Crippen LogP contribution in [-0.2, 0) is 14.8 Å². The highest BCUT2D eigenvalue weighted by Gasteiger charge is 2.26. The van der Waals surface area contributed by atoms with Gasteiger partial charge in [-0.3, -0.25) is 9.52 Å². The number of likely N-dealkylation sites (N-methyl/N-ethyl adjacent to an activating group) is 1. The Balaban J connectivity index is 1.93. The standard InChI is InChI=1S/C23H30FN3O5S/c1-15-12-25-16(2)14-32-21-10-7-18(11-20(21)23(28)27(3)13-22(15)31-4)26-33(29,30)19-8-5-17(24)6-9-19/h5-11,15-16,22,25-26H,12-14H2,1-4H3/t15-,16-,22-/m0/s1. The molecule has 1 aliphatic rings. The van der Waals surface area contributed by atoms with Crippen LogP contribution in [0.3, 0.4) is 0 Å². The van der Waals surface area contributed by atoms with Crippen molar-refractivity contribution in [3.63, 3.8) is 0 Å². The van der Waals surface area contributed by atoms with Crippen molar-refractivity contribution in [3.8, 4) is 5.75 Å². The van der Waals surface area contributed by atoms with Gasteiger partial charge in [-0.25, -0.2) is 12.8 Å². The van der Waals surface area contributed by atoms with Crippen molar-refractivity contribution < 1.29 is 27.1 Å². The van der Waals surface area contributed by atoms with Crippen LogP contribution in [0, 0.1) is 11.7 Å². The van der Waals surface area contributed by atoms with E-state index < -0.39 is 15.8 Å². The van der Waals surface area contributed by atoms with Crippen molar-refractivity contribution in [1.82, 2.24) is 10.2 Å². The van der Waals surface area contributed by atoms with E-state index in [-0.39, 0.29) is 40.1 Å². The molecule has 0 spiro atoms. The van der Waals surface area contributed by atoms with E-state index in [1.165, 1.54) is 29.2 Å². The summed E-state index contributed by atoms with van der Waals surface area (Å²) < 4.78 is 52.6. The van der Waals surface area contributed by atoms with Crippen LogP contribution in [0.5, 0.6) is 5.75 Å². The molecule has 2 aromatic rings. The third-order valence-electron chi connectivity index (χ3n) is 5.60. The molecule has 0 radical (unpaired) electrons. The molecule has 0 fully saturated rings. The van der Waals surface area contributed by atoms with Crippen LogP contribution < -0.4 is 14.8 Å². The maximum Gasteiger partial charge on any atom is 0.261 e. The number of carbonyl (C=O) groups excluding carboxylic acids is 1. The van der Waals surface area contributed by atoms with Crippen LogP contribution in [0.2, 0.25) is 0 Å². The highest BCUT2D eigenvalue weighted by Crippen LogP contribution is 2.27. The van der Waals surface area contributed by atoms with E-state index in [2.05, 4.69) is 17.0 Å². The summed E-state index contributed by atoms with van der Waals surface area (Å²) in [5.41, 5.74) is 0.422. The number of methoxy groups -OCH3 is 1. The van der Waals surface area contributed by atoms with E-state index in [1.54, 1.807) is 20.2 Å². The number of benzene rings is 2. The Kier molecular flexibility index (Phi) is 7.93. The van der Waals surface area contributed by atoms with Crippen LogP contribution >= 0.6 is 0 Å². The minimum atomic E-state index is -3.97. The number of nitrogens with zero attached hydrogens (tertiary/aromatic N) is 1. The van der Waals surface area contributed by atoms with Crippen LogP contribution in [0.4, 0.5) is 10.1 Å². The summed E-state index contributed by atoms with van der Waals surface area (Å²) >= 11 is 0. The predicted octanol–water partition coefficient (Wildman–Crippen LogP) is 2.72. The second-order valence-corrected chi connectivity index (χ2v) is 10.0. The molecule has 1 amide bonds. The summed E-state index contributed by atoms with van der Waals surface area (Å²) in [6, 6.07) is 9.06. The molecule has 0 unspecified atom stereocenters. The second-order valence-electron chi connectivity index (χ2n) is 8.33. The molecule has 2 aromatic carbocycles. The van der Waals surface area contributed by atoms with Crippen molar-refractivity contribution in [2.75, 3.05) is 38.6 Å². The van der Waals surface area contributed by atoms with Crippen molar-refractivity contribution in [3.05, 3.63) is 53.8 Å². The molecule has 0 saturated heterocycles. The van der Waals surface area contributed by atoms with Gasteiger partial charge in [-0.2, -0.15) is 0 Å². The molecule has 3 rings (SSSR count). The van der Waals surface area contributed by atoms with Crippen LogP contribution in [0.15, 0.2) is 47.4 Å². The van der Waals surface area contributed by atoms with Gasteiger partial charge in [0.2, 0.25) is 0 Å². The van der Waals surface area contributed by atoms with Crippen molar-refractivity contribution >= 4 is 21.6 Å². The molecule has 1 heterocycles. The van der Waals surface area contributed by atoms with Crippen molar-refractivity contribution in [1.29, 1.82) is 0 Å². The largest absolute Gasteiger partial charge is 0.491 e. The van der Waals surface area contributed by atoms with Gasteiger partial charge in [0.15, 0.2) is 0 Å². The highest BCUT2D eigenvalue weighted by atomic mass is 32.2. The normalized spacial score (nSPS) is 22.5. The second kappa shape index (κ2) is 10.5. The summed E-state index contributed by atoms with van der Waals surface area (Å²) in [4.78, 5) is 14.7. The monoisotopic (exact) mass is 479 g/mol. The fourth-order valence-corrected chi connectivity index (χ4v) is 4.60. The number of anilines is 1. The Morgan fingerprint density at radius 3 is 2.55 bits per heavy atom. The summed E-state index contributed by atoms with van der Waals surface area (Å²) in [7, 11) is -0.681. The van der Waals surface area contributed by atoms with E-state index in [4.69, 9.17) is 9.47 Å². The molecule has 8 nitrogen and oxygen atoms in total. The first-order chi connectivity index (χ1) is 15.6. The number of carbonyl (C=O) groups is 1. The third kappa shape index (κ3) is 6.21. The summed E-state index contributed by atoms with van der Waals surface area (Å²) in [5, 5.41) is 3.41. The third-order valence-corrected chi connectivity index (χ3v) is 7.00. The number of fused-ring (bicyclic) bond motifs is 1. The zero-order valence-electron chi connectivity index (χ0n) is 19.2. The molecule has 10 heteroatoms. The molecule has 2 N–H and O–H groups in total. The maximum atomic E-state index is 13.3. The minimum Gasteiger partial charge on any atom is -0.491 e. The smallest absolute Gasteiger partial charge is 0.261 e. The van der Waals surface area contributed by atoms with Gasteiger partial charge >= 0.3 is 0 Å². The molecule has 33 heavy (non-hydrogen) atoms. The maximum absolute atomic E-state index is 13.3. The van der Waals surface area contributed by atoms with E-state index in [9.17, 15) is 17.6 Å². The number of nitrogens with one attached hydrogen (secondary N) is 2. The number of hydrogen-bond donors (Lipinski definition) is 2. The van der Waals surface area contributed by atoms with E-state index in [1.807, 2.05) is 6.92 Å².